The van der Waals surface area contributed by atoms with Gasteiger partial charge in [-0.25, -0.2) is 0 Å². The van der Waals surface area contributed by atoms with Crippen LogP contribution in [0.5, 0.6) is 0 Å². The maximum atomic E-state index is 10.8. The Morgan fingerprint density at radius 2 is 2.00 bits per heavy atom. The standard InChI is InChI=1S/C10H15NO2/c1-10(2,3)6-8-4-5-9(12)11(13)7-8/h4-5,7,13H,6H2,1-3H3. The average Bonchev–Trinajstić information content (AvgIpc) is 1.94. The van der Waals surface area contributed by atoms with Crippen molar-refractivity contribution in [1.82, 2.24) is 4.73 Å². The van der Waals surface area contributed by atoms with Crippen LogP contribution in [0, 0.1) is 5.41 Å². The summed E-state index contributed by atoms with van der Waals surface area (Å²) in [6, 6.07) is 3.13. The van der Waals surface area contributed by atoms with E-state index in [1.807, 2.05) is 0 Å². The molecule has 0 unspecified atom stereocenters. The summed E-state index contributed by atoms with van der Waals surface area (Å²) in [6.45, 7) is 6.33. The summed E-state index contributed by atoms with van der Waals surface area (Å²) < 4.78 is 0.626. The molecule has 1 aromatic heterocycles. The zero-order chi connectivity index (χ0) is 10.1. The van der Waals surface area contributed by atoms with E-state index in [4.69, 9.17) is 5.21 Å². The lowest BCUT2D eigenvalue weighted by molar-refractivity contribution is 0.173. The van der Waals surface area contributed by atoms with Crippen LogP contribution in [0.3, 0.4) is 0 Å². The van der Waals surface area contributed by atoms with E-state index in [2.05, 4.69) is 20.8 Å². The Kier molecular flexibility index (Phi) is 2.45. The highest BCUT2D eigenvalue weighted by Crippen LogP contribution is 2.19. The first-order valence-corrected chi connectivity index (χ1v) is 4.29. The van der Waals surface area contributed by atoms with Crippen molar-refractivity contribution in [1.29, 1.82) is 0 Å². The molecule has 0 amide bonds. The Labute approximate surface area is 77.6 Å². The molecule has 0 aliphatic heterocycles. The van der Waals surface area contributed by atoms with Crippen molar-refractivity contribution < 1.29 is 5.21 Å². The van der Waals surface area contributed by atoms with Gasteiger partial charge in [0.05, 0.1) is 6.20 Å². The van der Waals surface area contributed by atoms with Gasteiger partial charge in [0.15, 0.2) is 0 Å². The number of hydrogen-bond acceptors (Lipinski definition) is 2. The van der Waals surface area contributed by atoms with Crippen molar-refractivity contribution in [2.24, 2.45) is 5.41 Å². The normalized spacial score (nSPS) is 11.6. The van der Waals surface area contributed by atoms with Crippen LogP contribution in [-0.2, 0) is 6.42 Å². The largest absolute Gasteiger partial charge is 0.425 e. The molecule has 0 spiro atoms. The second-order valence-electron chi connectivity index (χ2n) is 4.46. The molecule has 1 N–H and O–H groups in total. The lowest BCUT2D eigenvalue weighted by Gasteiger charge is -2.17. The lowest BCUT2D eigenvalue weighted by Crippen LogP contribution is -2.18. The molecule has 0 saturated carbocycles. The molecular weight excluding hydrogens is 166 g/mol. The van der Waals surface area contributed by atoms with Crippen LogP contribution in [0.4, 0.5) is 0 Å². The third kappa shape index (κ3) is 2.93. The summed E-state index contributed by atoms with van der Waals surface area (Å²) in [6.07, 6.45) is 2.31. The van der Waals surface area contributed by atoms with Crippen LogP contribution in [0.15, 0.2) is 23.1 Å². The quantitative estimate of drug-likeness (QED) is 0.670. The van der Waals surface area contributed by atoms with Gasteiger partial charge in [0, 0.05) is 6.07 Å². The zero-order valence-electron chi connectivity index (χ0n) is 8.24. The van der Waals surface area contributed by atoms with Crippen LogP contribution < -0.4 is 5.56 Å². The Morgan fingerprint density at radius 3 is 2.46 bits per heavy atom. The highest BCUT2D eigenvalue weighted by Gasteiger charge is 2.11. The first kappa shape index (κ1) is 9.84. The summed E-state index contributed by atoms with van der Waals surface area (Å²) in [4.78, 5) is 10.8. The van der Waals surface area contributed by atoms with Gasteiger partial charge in [0.1, 0.15) is 0 Å². The number of pyridine rings is 1. The van der Waals surface area contributed by atoms with Crippen LogP contribution in [0.2, 0.25) is 0 Å². The van der Waals surface area contributed by atoms with Crippen LogP contribution in [0.1, 0.15) is 26.3 Å². The van der Waals surface area contributed by atoms with E-state index in [9.17, 15) is 4.79 Å². The van der Waals surface area contributed by atoms with E-state index in [0.29, 0.717) is 4.73 Å². The van der Waals surface area contributed by atoms with Crippen molar-refractivity contribution in [2.75, 3.05) is 0 Å². The maximum absolute atomic E-state index is 10.8. The Morgan fingerprint density at radius 1 is 1.38 bits per heavy atom. The van der Waals surface area contributed by atoms with Crippen molar-refractivity contribution in [3.8, 4) is 0 Å². The Balaban J connectivity index is 2.92. The second kappa shape index (κ2) is 3.24. The van der Waals surface area contributed by atoms with Crippen molar-refractivity contribution in [3.05, 3.63) is 34.2 Å². The van der Waals surface area contributed by atoms with Gasteiger partial charge in [-0.05, 0) is 17.4 Å². The molecule has 0 bridgehead atoms. The minimum Gasteiger partial charge on any atom is -0.425 e. The topological polar surface area (TPSA) is 42.2 Å². The van der Waals surface area contributed by atoms with Gasteiger partial charge in [-0.15, -0.1) is 0 Å². The van der Waals surface area contributed by atoms with Crippen LogP contribution in [0.25, 0.3) is 0 Å². The molecule has 3 heteroatoms. The molecule has 0 aromatic carbocycles. The summed E-state index contributed by atoms with van der Waals surface area (Å²) in [5.74, 6) is 0. The second-order valence-corrected chi connectivity index (χ2v) is 4.46. The molecule has 1 rings (SSSR count). The number of rotatable bonds is 1. The molecule has 0 radical (unpaired) electrons. The highest BCUT2D eigenvalue weighted by atomic mass is 16.5. The summed E-state index contributed by atoms with van der Waals surface area (Å²) in [5, 5.41) is 9.10. The maximum Gasteiger partial charge on any atom is 0.282 e. The molecule has 3 nitrogen and oxygen atoms in total. The zero-order valence-corrected chi connectivity index (χ0v) is 8.24. The third-order valence-electron chi connectivity index (χ3n) is 1.69. The summed E-state index contributed by atoms with van der Waals surface area (Å²) >= 11 is 0. The van der Waals surface area contributed by atoms with Gasteiger partial charge >= 0.3 is 0 Å². The summed E-state index contributed by atoms with van der Waals surface area (Å²) in [5.41, 5.74) is 0.740. The molecule has 0 aliphatic carbocycles. The van der Waals surface area contributed by atoms with Crippen molar-refractivity contribution in [2.45, 2.75) is 27.2 Å². The van der Waals surface area contributed by atoms with E-state index in [1.54, 1.807) is 6.07 Å². The molecule has 72 valence electrons. The average molecular weight is 181 g/mol. The van der Waals surface area contributed by atoms with Crippen LogP contribution in [-0.4, -0.2) is 9.94 Å². The highest BCUT2D eigenvalue weighted by molar-refractivity contribution is 5.10. The molecule has 0 fully saturated rings. The van der Waals surface area contributed by atoms with Gasteiger partial charge in [-0.2, -0.15) is 4.73 Å². The lowest BCUT2D eigenvalue weighted by atomic mass is 9.89. The fourth-order valence-corrected chi connectivity index (χ4v) is 1.24. The fraction of sp³-hybridized carbons (Fsp3) is 0.500. The molecular formula is C10H15NO2. The van der Waals surface area contributed by atoms with Crippen molar-refractivity contribution in [3.63, 3.8) is 0 Å². The smallest absolute Gasteiger partial charge is 0.282 e. The minimum absolute atomic E-state index is 0.164. The Hall–Kier alpha value is -1.25. The number of aromatic nitrogens is 1. The van der Waals surface area contributed by atoms with Gasteiger partial charge in [0.2, 0.25) is 0 Å². The minimum atomic E-state index is -0.391. The van der Waals surface area contributed by atoms with Gasteiger partial charge in [-0.3, -0.25) is 4.79 Å². The Bertz CT molecular complexity index is 347. The fourth-order valence-electron chi connectivity index (χ4n) is 1.24. The van der Waals surface area contributed by atoms with Gasteiger partial charge in [0.25, 0.3) is 5.56 Å². The van der Waals surface area contributed by atoms with E-state index in [0.717, 1.165) is 12.0 Å². The van der Waals surface area contributed by atoms with Crippen LogP contribution >= 0.6 is 0 Å². The molecule has 0 aliphatic rings. The molecule has 0 saturated heterocycles. The predicted molar refractivity (Wildman–Crippen MR) is 51.0 cm³/mol. The van der Waals surface area contributed by atoms with E-state index in [1.165, 1.54) is 12.3 Å². The SMILES string of the molecule is CC(C)(C)Cc1ccc(=O)n(O)c1. The van der Waals surface area contributed by atoms with Gasteiger partial charge < -0.3 is 5.21 Å². The molecule has 13 heavy (non-hydrogen) atoms. The third-order valence-corrected chi connectivity index (χ3v) is 1.69. The molecule has 1 aromatic rings. The van der Waals surface area contributed by atoms with Crippen molar-refractivity contribution >= 4 is 0 Å². The first-order chi connectivity index (χ1) is 5.88. The number of nitrogens with zero attached hydrogens (tertiary/aromatic N) is 1. The monoisotopic (exact) mass is 181 g/mol. The van der Waals surface area contributed by atoms with E-state index in [-0.39, 0.29) is 5.41 Å². The molecule has 1 heterocycles. The van der Waals surface area contributed by atoms with E-state index >= 15 is 0 Å². The predicted octanol–water partition coefficient (Wildman–Crippen LogP) is 1.67. The summed E-state index contributed by atoms with van der Waals surface area (Å²) in [7, 11) is 0. The number of hydrogen-bond donors (Lipinski definition) is 1. The van der Waals surface area contributed by atoms with E-state index < -0.39 is 5.56 Å². The molecule has 0 atom stereocenters. The first-order valence-electron chi connectivity index (χ1n) is 4.29. The van der Waals surface area contributed by atoms with Gasteiger partial charge in [-0.1, -0.05) is 26.8 Å².